The largest absolute Gasteiger partial charge is 0.343 e. The van der Waals surface area contributed by atoms with Gasteiger partial charge in [-0.15, -0.1) is 0 Å². The maximum absolute atomic E-state index is 4.63. The lowest BCUT2D eigenvalue weighted by Gasteiger charge is -2.04. The third-order valence-corrected chi connectivity index (χ3v) is 2.10. The molecular formula is C9H14N6O. The van der Waals surface area contributed by atoms with Crippen molar-refractivity contribution in [2.75, 3.05) is 0 Å². The lowest BCUT2D eigenvalue weighted by Crippen LogP contribution is -2.18. The molecule has 0 bridgehead atoms. The highest BCUT2D eigenvalue weighted by atomic mass is 16.5. The molecule has 86 valence electrons. The molecule has 0 aliphatic carbocycles. The molecule has 16 heavy (non-hydrogen) atoms. The van der Waals surface area contributed by atoms with E-state index in [2.05, 4.69) is 37.0 Å². The molecule has 2 rings (SSSR count). The topological polar surface area (TPSA) is 81.7 Å². The number of hydrogen-bond donors (Lipinski definition) is 1. The molecule has 1 N–H and O–H groups in total. The minimum Gasteiger partial charge on any atom is -0.343 e. The van der Waals surface area contributed by atoms with Gasteiger partial charge in [-0.3, -0.25) is 0 Å². The summed E-state index contributed by atoms with van der Waals surface area (Å²) < 4.78 is 6.52. The van der Waals surface area contributed by atoms with E-state index in [1.54, 1.807) is 6.33 Å². The van der Waals surface area contributed by atoms with E-state index in [1.807, 2.05) is 4.68 Å². The van der Waals surface area contributed by atoms with Crippen LogP contribution in [0.4, 0.5) is 0 Å². The molecule has 0 fully saturated rings. The summed E-state index contributed by atoms with van der Waals surface area (Å²) in [4.78, 5) is 8.09. The van der Waals surface area contributed by atoms with Gasteiger partial charge in [0, 0.05) is 6.54 Å². The van der Waals surface area contributed by atoms with Crippen LogP contribution in [0.5, 0.6) is 0 Å². The van der Waals surface area contributed by atoms with Gasteiger partial charge in [-0.25, -0.2) is 9.67 Å². The van der Waals surface area contributed by atoms with E-state index in [0.717, 1.165) is 18.8 Å². The number of hydrogen-bond acceptors (Lipinski definition) is 6. The second kappa shape index (κ2) is 5.36. The summed E-state index contributed by atoms with van der Waals surface area (Å²) in [5.41, 5.74) is 0. The van der Waals surface area contributed by atoms with Crippen molar-refractivity contribution in [1.82, 2.24) is 30.2 Å². The van der Waals surface area contributed by atoms with Crippen molar-refractivity contribution in [3.05, 3.63) is 24.4 Å². The molecule has 0 aromatic carbocycles. The first-order valence-electron chi connectivity index (χ1n) is 5.22. The highest BCUT2D eigenvalue weighted by Crippen LogP contribution is 1.96. The number of nitrogens with zero attached hydrogens (tertiary/aromatic N) is 5. The van der Waals surface area contributed by atoms with Crippen molar-refractivity contribution >= 4 is 0 Å². The monoisotopic (exact) mass is 222 g/mol. The first-order chi connectivity index (χ1) is 7.90. The SMILES string of the molecule is CCCn1ncnc1CNCc1ncon1. The highest BCUT2D eigenvalue weighted by molar-refractivity contribution is 4.85. The molecule has 2 aromatic heterocycles. The Bertz CT molecular complexity index is 409. The van der Waals surface area contributed by atoms with E-state index in [0.29, 0.717) is 18.9 Å². The minimum atomic E-state index is 0.565. The van der Waals surface area contributed by atoms with Crippen LogP contribution in [0.15, 0.2) is 17.2 Å². The average molecular weight is 222 g/mol. The summed E-state index contributed by atoms with van der Waals surface area (Å²) >= 11 is 0. The third-order valence-electron chi connectivity index (χ3n) is 2.10. The molecule has 0 amide bonds. The van der Waals surface area contributed by atoms with Crippen molar-refractivity contribution in [3.63, 3.8) is 0 Å². The standard InChI is InChI=1S/C9H14N6O/c1-2-3-15-9(11-6-13-15)5-10-4-8-12-7-16-14-8/h6-7,10H,2-5H2,1H3. The fraction of sp³-hybridized carbons (Fsp3) is 0.556. The number of nitrogens with one attached hydrogen (secondary N) is 1. The quantitative estimate of drug-likeness (QED) is 0.760. The minimum absolute atomic E-state index is 0.565. The van der Waals surface area contributed by atoms with E-state index < -0.39 is 0 Å². The molecule has 2 aromatic rings. The van der Waals surface area contributed by atoms with Gasteiger partial charge in [-0.1, -0.05) is 12.1 Å². The van der Waals surface area contributed by atoms with Crippen molar-refractivity contribution in [1.29, 1.82) is 0 Å². The second-order valence-corrected chi connectivity index (χ2v) is 3.35. The average Bonchev–Trinajstić information content (AvgIpc) is 2.91. The summed E-state index contributed by atoms with van der Waals surface area (Å²) in [6.07, 6.45) is 3.93. The maximum atomic E-state index is 4.63. The van der Waals surface area contributed by atoms with Crippen LogP contribution < -0.4 is 5.32 Å². The molecular weight excluding hydrogens is 208 g/mol. The van der Waals surface area contributed by atoms with E-state index in [1.165, 1.54) is 6.39 Å². The number of aromatic nitrogens is 5. The van der Waals surface area contributed by atoms with Gasteiger partial charge in [0.1, 0.15) is 12.2 Å². The van der Waals surface area contributed by atoms with Crippen LogP contribution in [0.2, 0.25) is 0 Å². The molecule has 0 spiro atoms. The van der Waals surface area contributed by atoms with Gasteiger partial charge in [0.2, 0.25) is 6.39 Å². The molecule has 2 heterocycles. The normalized spacial score (nSPS) is 10.8. The Kier molecular flexibility index (Phi) is 3.60. The smallest absolute Gasteiger partial charge is 0.213 e. The summed E-state index contributed by atoms with van der Waals surface area (Å²) in [5.74, 6) is 1.56. The van der Waals surface area contributed by atoms with Crippen molar-refractivity contribution in [3.8, 4) is 0 Å². The molecule has 0 aliphatic heterocycles. The Hall–Kier alpha value is -1.76. The Morgan fingerprint density at radius 3 is 3.06 bits per heavy atom. The van der Waals surface area contributed by atoms with Gasteiger partial charge in [-0.2, -0.15) is 10.1 Å². The zero-order valence-electron chi connectivity index (χ0n) is 9.13. The Morgan fingerprint density at radius 2 is 2.31 bits per heavy atom. The fourth-order valence-corrected chi connectivity index (χ4v) is 1.38. The summed E-state index contributed by atoms with van der Waals surface area (Å²) in [6.45, 7) is 4.21. The maximum Gasteiger partial charge on any atom is 0.213 e. The first kappa shape index (κ1) is 10.7. The van der Waals surface area contributed by atoms with Crippen LogP contribution in [0, 0.1) is 0 Å². The molecule has 0 saturated carbocycles. The summed E-state index contributed by atoms with van der Waals surface area (Å²) in [7, 11) is 0. The molecule has 0 saturated heterocycles. The van der Waals surface area contributed by atoms with Crippen LogP contribution in [-0.4, -0.2) is 24.9 Å². The Morgan fingerprint density at radius 1 is 1.38 bits per heavy atom. The second-order valence-electron chi connectivity index (χ2n) is 3.35. The van der Waals surface area contributed by atoms with Gasteiger partial charge < -0.3 is 9.84 Å². The van der Waals surface area contributed by atoms with Crippen LogP contribution in [-0.2, 0) is 19.6 Å². The number of aryl methyl sites for hydroxylation is 1. The highest BCUT2D eigenvalue weighted by Gasteiger charge is 2.03. The van der Waals surface area contributed by atoms with Crippen molar-refractivity contribution in [2.45, 2.75) is 33.0 Å². The third kappa shape index (κ3) is 2.63. The van der Waals surface area contributed by atoms with E-state index >= 15 is 0 Å². The fourth-order valence-electron chi connectivity index (χ4n) is 1.38. The predicted molar refractivity (Wildman–Crippen MR) is 55.2 cm³/mol. The van der Waals surface area contributed by atoms with Gasteiger partial charge in [0.15, 0.2) is 5.82 Å². The van der Waals surface area contributed by atoms with Gasteiger partial charge in [-0.05, 0) is 6.42 Å². The molecule has 7 nitrogen and oxygen atoms in total. The lowest BCUT2D eigenvalue weighted by molar-refractivity contribution is 0.406. The molecule has 0 atom stereocenters. The van der Waals surface area contributed by atoms with Gasteiger partial charge >= 0.3 is 0 Å². The van der Waals surface area contributed by atoms with Crippen molar-refractivity contribution in [2.24, 2.45) is 0 Å². The van der Waals surface area contributed by atoms with Crippen LogP contribution >= 0.6 is 0 Å². The van der Waals surface area contributed by atoms with Crippen LogP contribution in [0.25, 0.3) is 0 Å². The van der Waals surface area contributed by atoms with E-state index in [4.69, 9.17) is 0 Å². The molecule has 0 unspecified atom stereocenters. The van der Waals surface area contributed by atoms with Crippen LogP contribution in [0.3, 0.4) is 0 Å². The lowest BCUT2D eigenvalue weighted by atomic mass is 10.4. The summed E-state index contributed by atoms with van der Waals surface area (Å²) in [6, 6.07) is 0. The van der Waals surface area contributed by atoms with Crippen LogP contribution in [0.1, 0.15) is 25.0 Å². The van der Waals surface area contributed by atoms with Crippen molar-refractivity contribution < 1.29 is 4.52 Å². The van der Waals surface area contributed by atoms with Gasteiger partial charge in [0.05, 0.1) is 13.1 Å². The first-order valence-corrected chi connectivity index (χ1v) is 5.22. The van der Waals surface area contributed by atoms with Gasteiger partial charge in [0.25, 0.3) is 0 Å². The summed E-state index contributed by atoms with van der Waals surface area (Å²) in [5, 5.41) is 11.0. The zero-order chi connectivity index (χ0) is 11.2. The van der Waals surface area contributed by atoms with E-state index in [-0.39, 0.29) is 0 Å². The van der Waals surface area contributed by atoms with E-state index in [9.17, 15) is 0 Å². The molecule has 7 heteroatoms. The number of rotatable bonds is 6. The Labute approximate surface area is 92.9 Å². The Balaban J connectivity index is 1.82. The molecule has 0 radical (unpaired) electrons. The zero-order valence-corrected chi connectivity index (χ0v) is 9.13. The molecule has 0 aliphatic rings. The predicted octanol–water partition coefficient (Wildman–Crippen LogP) is 0.361.